The molecule has 1 aliphatic rings. The fourth-order valence-electron chi connectivity index (χ4n) is 3.27. The Labute approximate surface area is 146 Å². The second-order valence-corrected chi connectivity index (χ2v) is 6.31. The number of hydrogen-bond donors (Lipinski definition) is 1. The molecule has 0 aliphatic carbocycles. The summed E-state index contributed by atoms with van der Waals surface area (Å²) >= 11 is 0. The number of aryl methyl sites for hydroxylation is 2. The van der Waals surface area contributed by atoms with E-state index in [0.717, 1.165) is 18.0 Å². The van der Waals surface area contributed by atoms with E-state index >= 15 is 0 Å². The Morgan fingerprint density at radius 2 is 2.20 bits per heavy atom. The summed E-state index contributed by atoms with van der Waals surface area (Å²) in [6, 6.07) is 8.48. The third kappa shape index (κ3) is 3.25. The smallest absolute Gasteiger partial charge is 0.157 e. The molecule has 2 aromatic heterocycles. The molecule has 3 heterocycles. The monoisotopic (exact) mass is 341 g/mol. The number of hydrogen-bond acceptors (Lipinski definition) is 5. The summed E-state index contributed by atoms with van der Waals surface area (Å²) in [6.07, 6.45) is 3.57. The van der Waals surface area contributed by atoms with Crippen LogP contribution in [0.1, 0.15) is 12.6 Å². The molecule has 0 unspecified atom stereocenters. The summed E-state index contributed by atoms with van der Waals surface area (Å²) in [5.74, 6) is 0.769. The van der Waals surface area contributed by atoms with Crippen molar-refractivity contribution in [2.75, 3.05) is 13.2 Å². The molecule has 1 aliphatic heterocycles. The quantitative estimate of drug-likeness (QED) is 0.740. The summed E-state index contributed by atoms with van der Waals surface area (Å²) in [5.41, 5.74) is 2.23. The van der Waals surface area contributed by atoms with Crippen LogP contribution in [0, 0.1) is 0 Å². The summed E-state index contributed by atoms with van der Waals surface area (Å²) < 4.78 is 15.4. The van der Waals surface area contributed by atoms with E-state index in [0.29, 0.717) is 19.8 Å². The SMILES string of the molecule is CCn1nc(CN[C@H]2COC[C@H]2Oc2cnn(C)c2)c2ccccc21. The van der Waals surface area contributed by atoms with E-state index in [9.17, 15) is 0 Å². The van der Waals surface area contributed by atoms with Gasteiger partial charge in [0.1, 0.15) is 6.10 Å². The van der Waals surface area contributed by atoms with Gasteiger partial charge in [-0.05, 0) is 13.0 Å². The second-order valence-electron chi connectivity index (χ2n) is 6.31. The van der Waals surface area contributed by atoms with E-state index in [1.54, 1.807) is 10.9 Å². The van der Waals surface area contributed by atoms with Gasteiger partial charge in [-0.25, -0.2) is 0 Å². The molecule has 0 bridgehead atoms. The zero-order chi connectivity index (χ0) is 17.2. The average Bonchev–Trinajstić information content (AvgIpc) is 3.33. The lowest BCUT2D eigenvalue weighted by Crippen LogP contribution is -2.41. The van der Waals surface area contributed by atoms with Gasteiger partial charge in [0.2, 0.25) is 0 Å². The maximum atomic E-state index is 6.01. The van der Waals surface area contributed by atoms with Crippen molar-refractivity contribution in [3.63, 3.8) is 0 Å². The van der Waals surface area contributed by atoms with Crippen molar-refractivity contribution < 1.29 is 9.47 Å². The minimum Gasteiger partial charge on any atom is -0.483 e. The van der Waals surface area contributed by atoms with E-state index in [4.69, 9.17) is 14.6 Å². The van der Waals surface area contributed by atoms with Crippen molar-refractivity contribution in [1.29, 1.82) is 0 Å². The molecular weight excluding hydrogens is 318 g/mol. The molecule has 2 atom stereocenters. The van der Waals surface area contributed by atoms with Gasteiger partial charge in [-0.15, -0.1) is 0 Å². The molecule has 132 valence electrons. The van der Waals surface area contributed by atoms with Crippen molar-refractivity contribution in [2.45, 2.75) is 32.2 Å². The van der Waals surface area contributed by atoms with Crippen LogP contribution in [0.2, 0.25) is 0 Å². The fraction of sp³-hybridized carbons (Fsp3) is 0.444. The first kappa shape index (κ1) is 16.1. The third-order valence-corrected chi connectivity index (χ3v) is 4.56. The van der Waals surface area contributed by atoms with Crippen molar-refractivity contribution in [1.82, 2.24) is 24.9 Å². The van der Waals surface area contributed by atoms with Crippen LogP contribution in [-0.4, -0.2) is 44.9 Å². The van der Waals surface area contributed by atoms with Crippen LogP contribution in [0.25, 0.3) is 10.9 Å². The van der Waals surface area contributed by atoms with E-state index in [2.05, 4.69) is 41.6 Å². The molecular formula is C18H23N5O2. The Hall–Kier alpha value is -2.38. The molecule has 1 aromatic carbocycles. The van der Waals surface area contributed by atoms with Crippen molar-refractivity contribution in [2.24, 2.45) is 7.05 Å². The highest BCUT2D eigenvalue weighted by Gasteiger charge is 2.30. The van der Waals surface area contributed by atoms with Crippen LogP contribution < -0.4 is 10.1 Å². The first-order valence-corrected chi connectivity index (χ1v) is 8.65. The first-order chi connectivity index (χ1) is 12.2. The molecule has 1 saturated heterocycles. The Balaban J connectivity index is 1.45. The van der Waals surface area contributed by atoms with Gasteiger partial charge in [0.15, 0.2) is 5.75 Å². The lowest BCUT2D eigenvalue weighted by Gasteiger charge is -2.19. The average molecular weight is 341 g/mol. The molecule has 0 amide bonds. The number of rotatable bonds is 6. The van der Waals surface area contributed by atoms with Gasteiger partial charge in [-0.1, -0.05) is 18.2 Å². The molecule has 25 heavy (non-hydrogen) atoms. The zero-order valence-electron chi connectivity index (χ0n) is 14.6. The number of nitrogens with zero attached hydrogens (tertiary/aromatic N) is 4. The highest BCUT2D eigenvalue weighted by atomic mass is 16.5. The second kappa shape index (κ2) is 6.85. The molecule has 0 spiro atoms. The fourth-order valence-corrected chi connectivity index (χ4v) is 3.27. The number of aromatic nitrogens is 4. The van der Waals surface area contributed by atoms with Gasteiger partial charge < -0.3 is 14.8 Å². The Morgan fingerprint density at radius 1 is 1.32 bits per heavy atom. The van der Waals surface area contributed by atoms with Gasteiger partial charge in [-0.3, -0.25) is 9.36 Å². The van der Waals surface area contributed by atoms with Crippen LogP contribution >= 0.6 is 0 Å². The minimum absolute atomic E-state index is 0.0243. The topological polar surface area (TPSA) is 66.1 Å². The molecule has 0 radical (unpaired) electrons. The predicted octanol–water partition coefficient (Wildman–Crippen LogP) is 1.73. The number of fused-ring (bicyclic) bond motifs is 1. The first-order valence-electron chi connectivity index (χ1n) is 8.65. The number of para-hydroxylation sites is 1. The number of nitrogens with one attached hydrogen (secondary N) is 1. The third-order valence-electron chi connectivity index (χ3n) is 4.56. The normalized spacial score (nSPS) is 20.4. The highest BCUT2D eigenvalue weighted by Crippen LogP contribution is 2.20. The Morgan fingerprint density at radius 3 is 3.00 bits per heavy atom. The van der Waals surface area contributed by atoms with Gasteiger partial charge >= 0.3 is 0 Å². The van der Waals surface area contributed by atoms with Gasteiger partial charge in [-0.2, -0.15) is 10.2 Å². The van der Waals surface area contributed by atoms with Gasteiger partial charge in [0.05, 0.1) is 42.9 Å². The van der Waals surface area contributed by atoms with Crippen LogP contribution in [0.15, 0.2) is 36.7 Å². The van der Waals surface area contributed by atoms with Crippen molar-refractivity contribution in [3.05, 3.63) is 42.4 Å². The van der Waals surface area contributed by atoms with Crippen LogP contribution in [-0.2, 0) is 24.9 Å². The van der Waals surface area contributed by atoms with Gasteiger partial charge in [0.25, 0.3) is 0 Å². The van der Waals surface area contributed by atoms with E-state index in [1.165, 1.54) is 10.9 Å². The number of ether oxygens (including phenoxy) is 2. The molecule has 1 N–H and O–H groups in total. The lowest BCUT2D eigenvalue weighted by molar-refractivity contribution is 0.139. The highest BCUT2D eigenvalue weighted by molar-refractivity contribution is 5.81. The van der Waals surface area contributed by atoms with Crippen LogP contribution in [0.5, 0.6) is 5.75 Å². The van der Waals surface area contributed by atoms with Crippen LogP contribution in [0.3, 0.4) is 0 Å². The minimum atomic E-state index is -0.0243. The standard InChI is InChI=1S/C18H23N5O2/c1-3-23-17-7-5-4-6-14(17)15(21-23)9-19-16-11-24-12-18(16)25-13-8-20-22(2)10-13/h4-8,10,16,18-19H,3,9,11-12H2,1-2H3/t16-,18+/m0/s1. The van der Waals surface area contributed by atoms with E-state index in [1.807, 2.05) is 17.9 Å². The van der Waals surface area contributed by atoms with Crippen LogP contribution in [0.4, 0.5) is 0 Å². The summed E-state index contributed by atoms with van der Waals surface area (Å²) in [5, 5.41) is 13.6. The maximum Gasteiger partial charge on any atom is 0.157 e. The van der Waals surface area contributed by atoms with Crippen molar-refractivity contribution >= 4 is 10.9 Å². The Kier molecular flexibility index (Phi) is 4.42. The Bertz CT molecular complexity index is 856. The predicted molar refractivity (Wildman–Crippen MR) is 94.5 cm³/mol. The maximum absolute atomic E-state index is 6.01. The number of benzene rings is 1. The van der Waals surface area contributed by atoms with E-state index in [-0.39, 0.29) is 12.1 Å². The molecule has 7 heteroatoms. The summed E-state index contributed by atoms with van der Waals surface area (Å²) in [6.45, 7) is 4.88. The summed E-state index contributed by atoms with van der Waals surface area (Å²) in [4.78, 5) is 0. The molecule has 3 aromatic rings. The van der Waals surface area contributed by atoms with Crippen molar-refractivity contribution in [3.8, 4) is 5.75 Å². The van der Waals surface area contributed by atoms with Gasteiger partial charge in [0, 0.05) is 25.5 Å². The summed E-state index contributed by atoms with van der Waals surface area (Å²) in [7, 11) is 1.88. The van der Waals surface area contributed by atoms with E-state index < -0.39 is 0 Å². The molecule has 4 rings (SSSR count). The molecule has 1 fully saturated rings. The largest absolute Gasteiger partial charge is 0.483 e. The molecule has 0 saturated carbocycles. The zero-order valence-corrected chi connectivity index (χ0v) is 14.6. The lowest BCUT2D eigenvalue weighted by atomic mass is 10.1. The molecule has 7 nitrogen and oxygen atoms in total.